The van der Waals surface area contributed by atoms with Gasteiger partial charge in [0.2, 0.25) is 0 Å². The van der Waals surface area contributed by atoms with Crippen LogP contribution < -0.4 is 11.1 Å². The molecule has 4 nitrogen and oxygen atoms in total. The highest BCUT2D eigenvalue weighted by atomic mass is 16.5. The molecule has 0 aliphatic carbocycles. The summed E-state index contributed by atoms with van der Waals surface area (Å²) in [7, 11) is 1.70. The van der Waals surface area contributed by atoms with Crippen molar-refractivity contribution in [2.75, 3.05) is 19.0 Å². The van der Waals surface area contributed by atoms with E-state index in [-0.39, 0.29) is 6.10 Å². The fourth-order valence-electron chi connectivity index (χ4n) is 0.995. The van der Waals surface area contributed by atoms with Crippen LogP contribution in [0.3, 0.4) is 0 Å². The van der Waals surface area contributed by atoms with Crippen molar-refractivity contribution in [1.82, 2.24) is 4.98 Å². The quantitative estimate of drug-likeness (QED) is 0.735. The first-order chi connectivity index (χ1) is 6.76. The number of aromatic nitrogens is 1. The average Bonchev–Trinajstić information content (AvgIpc) is 2.26. The third-order valence-electron chi connectivity index (χ3n) is 2.03. The van der Waals surface area contributed by atoms with Gasteiger partial charge in [-0.1, -0.05) is 0 Å². The van der Waals surface area contributed by atoms with Gasteiger partial charge in [0.15, 0.2) is 0 Å². The van der Waals surface area contributed by atoms with Crippen LogP contribution in [0.5, 0.6) is 0 Å². The van der Waals surface area contributed by atoms with Gasteiger partial charge in [0.1, 0.15) is 0 Å². The van der Waals surface area contributed by atoms with Crippen molar-refractivity contribution in [1.29, 1.82) is 0 Å². The third-order valence-corrected chi connectivity index (χ3v) is 2.03. The molecule has 0 amide bonds. The van der Waals surface area contributed by atoms with Gasteiger partial charge in [-0.2, -0.15) is 0 Å². The first kappa shape index (κ1) is 10.9. The number of rotatable bonds is 5. The standard InChI is InChI=1S/C10H17N3O/c1-8(14-2)6-12-10-4-3-9(5-11)13-7-10/h3-4,7-8,12H,5-6,11H2,1-2H3. The summed E-state index contributed by atoms with van der Waals surface area (Å²) in [4.78, 5) is 4.17. The second-order valence-electron chi connectivity index (χ2n) is 3.17. The summed E-state index contributed by atoms with van der Waals surface area (Å²) in [5.41, 5.74) is 7.33. The van der Waals surface area contributed by atoms with Crippen LogP contribution in [0, 0.1) is 0 Å². The Hall–Kier alpha value is -1.13. The van der Waals surface area contributed by atoms with Crippen LogP contribution in [0.25, 0.3) is 0 Å². The zero-order valence-electron chi connectivity index (χ0n) is 8.66. The van der Waals surface area contributed by atoms with E-state index >= 15 is 0 Å². The minimum Gasteiger partial charge on any atom is -0.381 e. The van der Waals surface area contributed by atoms with Crippen LogP contribution in [0.15, 0.2) is 18.3 Å². The van der Waals surface area contributed by atoms with Crippen molar-refractivity contribution in [3.8, 4) is 0 Å². The highest BCUT2D eigenvalue weighted by Gasteiger charge is 1.99. The number of nitrogens with zero attached hydrogens (tertiary/aromatic N) is 1. The maximum absolute atomic E-state index is 5.44. The lowest BCUT2D eigenvalue weighted by Crippen LogP contribution is -2.18. The molecule has 0 aromatic carbocycles. The minimum absolute atomic E-state index is 0.198. The SMILES string of the molecule is COC(C)CNc1ccc(CN)nc1. The highest BCUT2D eigenvalue weighted by Crippen LogP contribution is 2.05. The van der Waals surface area contributed by atoms with E-state index in [0.717, 1.165) is 17.9 Å². The van der Waals surface area contributed by atoms with Gasteiger partial charge in [-0.25, -0.2) is 0 Å². The number of nitrogens with two attached hydrogens (primary N) is 1. The first-order valence-electron chi connectivity index (χ1n) is 4.68. The monoisotopic (exact) mass is 195 g/mol. The van der Waals surface area contributed by atoms with Gasteiger partial charge < -0.3 is 15.8 Å². The predicted molar refractivity (Wildman–Crippen MR) is 57.1 cm³/mol. The van der Waals surface area contributed by atoms with Crippen molar-refractivity contribution in [3.63, 3.8) is 0 Å². The van der Waals surface area contributed by atoms with E-state index < -0.39 is 0 Å². The van der Waals surface area contributed by atoms with Gasteiger partial charge >= 0.3 is 0 Å². The Morgan fingerprint density at radius 3 is 2.86 bits per heavy atom. The largest absolute Gasteiger partial charge is 0.381 e. The number of hydrogen-bond donors (Lipinski definition) is 2. The summed E-state index contributed by atoms with van der Waals surface area (Å²) in [5, 5.41) is 3.22. The van der Waals surface area contributed by atoms with E-state index in [2.05, 4.69) is 10.3 Å². The smallest absolute Gasteiger partial charge is 0.0715 e. The Morgan fingerprint density at radius 1 is 1.57 bits per heavy atom. The summed E-state index contributed by atoms with van der Waals surface area (Å²) >= 11 is 0. The van der Waals surface area contributed by atoms with Crippen molar-refractivity contribution >= 4 is 5.69 Å². The second kappa shape index (κ2) is 5.57. The molecule has 0 fully saturated rings. The molecule has 0 saturated heterocycles. The van der Waals surface area contributed by atoms with E-state index in [1.54, 1.807) is 13.3 Å². The van der Waals surface area contributed by atoms with Crippen LogP contribution in [-0.2, 0) is 11.3 Å². The maximum Gasteiger partial charge on any atom is 0.0715 e. The summed E-state index contributed by atoms with van der Waals surface area (Å²) in [6.07, 6.45) is 1.98. The van der Waals surface area contributed by atoms with E-state index in [4.69, 9.17) is 10.5 Å². The van der Waals surface area contributed by atoms with E-state index in [1.807, 2.05) is 19.1 Å². The number of methoxy groups -OCH3 is 1. The molecule has 0 aliphatic rings. The molecule has 1 aromatic rings. The van der Waals surface area contributed by atoms with Crippen LogP contribution in [-0.4, -0.2) is 24.7 Å². The molecule has 0 saturated carbocycles. The molecular formula is C10H17N3O. The number of pyridine rings is 1. The molecule has 0 spiro atoms. The average molecular weight is 195 g/mol. The van der Waals surface area contributed by atoms with Crippen molar-refractivity contribution in [3.05, 3.63) is 24.0 Å². The molecule has 4 heteroatoms. The first-order valence-corrected chi connectivity index (χ1v) is 4.68. The number of ether oxygens (including phenoxy) is 1. The van der Waals surface area contributed by atoms with E-state index in [9.17, 15) is 0 Å². The number of nitrogens with one attached hydrogen (secondary N) is 1. The van der Waals surface area contributed by atoms with Crippen molar-refractivity contribution < 1.29 is 4.74 Å². The van der Waals surface area contributed by atoms with Crippen molar-refractivity contribution in [2.45, 2.75) is 19.6 Å². The van der Waals surface area contributed by atoms with E-state index in [0.29, 0.717) is 6.54 Å². The third kappa shape index (κ3) is 3.32. The normalized spacial score (nSPS) is 12.5. The fourth-order valence-corrected chi connectivity index (χ4v) is 0.995. The van der Waals surface area contributed by atoms with Crippen LogP contribution >= 0.6 is 0 Å². The van der Waals surface area contributed by atoms with Crippen LogP contribution in [0.4, 0.5) is 5.69 Å². The van der Waals surface area contributed by atoms with Gasteiger partial charge in [0.05, 0.1) is 23.7 Å². The fraction of sp³-hybridized carbons (Fsp3) is 0.500. The lowest BCUT2D eigenvalue weighted by Gasteiger charge is -2.11. The zero-order chi connectivity index (χ0) is 10.4. The van der Waals surface area contributed by atoms with Crippen LogP contribution in [0.2, 0.25) is 0 Å². The van der Waals surface area contributed by atoms with Crippen molar-refractivity contribution in [2.24, 2.45) is 5.73 Å². The van der Waals surface area contributed by atoms with Gasteiger partial charge in [-0.3, -0.25) is 4.98 Å². The minimum atomic E-state index is 0.198. The Balaban J connectivity index is 2.43. The molecule has 78 valence electrons. The molecular weight excluding hydrogens is 178 g/mol. The molecule has 1 aromatic heterocycles. The Kier molecular flexibility index (Phi) is 4.35. The highest BCUT2D eigenvalue weighted by molar-refractivity contribution is 5.40. The molecule has 14 heavy (non-hydrogen) atoms. The van der Waals surface area contributed by atoms with Crippen LogP contribution in [0.1, 0.15) is 12.6 Å². The Labute approximate surface area is 84.5 Å². The number of hydrogen-bond acceptors (Lipinski definition) is 4. The van der Waals surface area contributed by atoms with Gasteiger partial charge in [-0.05, 0) is 19.1 Å². The Morgan fingerprint density at radius 2 is 2.36 bits per heavy atom. The van der Waals surface area contributed by atoms with Gasteiger partial charge in [-0.15, -0.1) is 0 Å². The molecule has 1 unspecified atom stereocenters. The molecule has 1 heterocycles. The van der Waals surface area contributed by atoms with Gasteiger partial charge in [0, 0.05) is 20.2 Å². The Bertz CT molecular complexity index is 261. The number of anilines is 1. The summed E-state index contributed by atoms with van der Waals surface area (Å²) in [6.45, 7) is 3.27. The zero-order valence-corrected chi connectivity index (χ0v) is 8.66. The predicted octanol–water partition coefficient (Wildman–Crippen LogP) is 0.987. The maximum atomic E-state index is 5.44. The summed E-state index contributed by atoms with van der Waals surface area (Å²) in [5.74, 6) is 0. The molecule has 3 N–H and O–H groups in total. The molecule has 0 radical (unpaired) electrons. The summed E-state index contributed by atoms with van der Waals surface area (Å²) in [6, 6.07) is 3.89. The summed E-state index contributed by atoms with van der Waals surface area (Å²) < 4.78 is 5.11. The second-order valence-corrected chi connectivity index (χ2v) is 3.17. The molecule has 0 bridgehead atoms. The van der Waals surface area contributed by atoms with E-state index in [1.165, 1.54) is 0 Å². The molecule has 1 rings (SSSR count). The molecule has 1 atom stereocenters. The topological polar surface area (TPSA) is 60.2 Å². The lowest BCUT2D eigenvalue weighted by molar-refractivity contribution is 0.129. The van der Waals surface area contributed by atoms with Gasteiger partial charge in [0.25, 0.3) is 0 Å². The lowest BCUT2D eigenvalue weighted by atomic mass is 10.3. The molecule has 0 aliphatic heterocycles.